The van der Waals surface area contributed by atoms with Gasteiger partial charge in [-0.1, -0.05) is 23.2 Å². The number of nitrogens with zero attached hydrogens (tertiary/aromatic N) is 1. The third-order valence-corrected chi connectivity index (χ3v) is 5.48. The zero-order chi connectivity index (χ0) is 15.6. The predicted molar refractivity (Wildman–Crippen MR) is 97.8 cm³/mol. The Morgan fingerprint density at radius 2 is 2.09 bits per heavy atom. The minimum atomic E-state index is -0.0303. The van der Waals surface area contributed by atoms with E-state index in [1.165, 1.54) is 11.8 Å². The second kappa shape index (κ2) is 8.65. The third kappa shape index (κ3) is 4.45. The van der Waals surface area contributed by atoms with E-state index in [0.717, 1.165) is 24.3 Å². The number of halogens is 3. The van der Waals surface area contributed by atoms with Crippen molar-refractivity contribution in [2.24, 2.45) is 11.7 Å². The van der Waals surface area contributed by atoms with E-state index >= 15 is 0 Å². The van der Waals surface area contributed by atoms with E-state index in [2.05, 4.69) is 0 Å². The zero-order valence-corrected chi connectivity index (χ0v) is 15.8. The Kier molecular flexibility index (Phi) is 7.83. The minimum Gasteiger partial charge on any atom is -0.338 e. The Bertz CT molecular complexity index is 540. The van der Waals surface area contributed by atoms with Gasteiger partial charge in [0.15, 0.2) is 0 Å². The van der Waals surface area contributed by atoms with Crippen molar-refractivity contribution >= 4 is 53.3 Å². The number of hydrogen-bond acceptors (Lipinski definition) is 3. The monoisotopic (exact) mass is 382 g/mol. The van der Waals surface area contributed by atoms with Crippen molar-refractivity contribution in [3.8, 4) is 0 Å². The molecule has 7 heteroatoms. The fourth-order valence-corrected chi connectivity index (χ4v) is 3.83. The first-order valence-electron chi connectivity index (χ1n) is 7.02. The van der Waals surface area contributed by atoms with Crippen molar-refractivity contribution in [3.63, 3.8) is 0 Å². The summed E-state index contributed by atoms with van der Waals surface area (Å²) in [5.41, 5.74) is 6.50. The molecule has 2 rings (SSSR count). The number of benzene rings is 1. The normalized spacial score (nSPS) is 19.5. The number of nitrogens with two attached hydrogens (primary N) is 1. The molecule has 1 aliphatic heterocycles. The van der Waals surface area contributed by atoms with Gasteiger partial charge in [-0.25, -0.2) is 0 Å². The summed E-state index contributed by atoms with van der Waals surface area (Å²) in [6, 6.07) is 3.53. The Balaban J connectivity index is 0.00000242. The minimum absolute atomic E-state index is 0. The van der Waals surface area contributed by atoms with Crippen molar-refractivity contribution < 1.29 is 4.79 Å². The lowest BCUT2D eigenvalue weighted by Crippen LogP contribution is -2.45. The number of carbonyl (C=O) groups is 1. The largest absolute Gasteiger partial charge is 0.338 e. The highest BCUT2D eigenvalue weighted by molar-refractivity contribution is 7.98. The highest BCUT2D eigenvalue weighted by Gasteiger charge is 2.27. The smallest absolute Gasteiger partial charge is 0.255 e. The molecule has 3 nitrogen and oxygen atoms in total. The van der Waals surface area contributed by atoms with Gasteiger partial charge in [-0.15, -0.1) is 24.2 Å². The Hall–Kier alpha value is -0.130. The van der Waals surface area contributed by atoms with Gasteiger partial charge in [-0.3, -0.25) is 4.79 Å². The van der Waals surface area contributed by atoms with Crippen molar-refractivity contribution in [2.75, 3.05) is 19.3 Å². The fourth-order valence-electron chi connectivity index (χ4n) is 2.64. The average Bonchev–Trinajstić information content (AvgIpc) is 2.47. The van der Waals surface area contributed by atoms with Gasteiger partial charge >= 0.3 is 0 Å². The summed E-state index contributed by atoms with van der Waals surface area (Å²) in [5, 5.41) is 0.988. The van der Waals surface area contributed by atoms with Crippen molar-refractivity contribution in [2.45, 2.75) is 30.7 Å². The van der Waals surface area contributed by atoms with Crippen LogP contribution < -0.4 is 5.73 Å². The van der Waals surface area contributed by atoms with Gasteiger partial charge in [0.05, 0.1) is 15.6 Å². The molecule has 1 amide bonds. The van der Waals surface area contributed by atoms with E-state index in [4.69, 9.17) is 28.9 Å². The summed E-state index contributed by atoms with van der Waals surface area (Å²) in [4.78, 5) is 15.4. The number of piperidine rings is 1. The van der Waals surface area contributed by atoms with Crippen LogP contribution in [0.5, 0.6) is 0 Å². The van der Waals surface area contributed by atoms with Crippen LogP contribution in [0, 0.1) is 5.92 Å². The number of thioether (sulfide) groups is 1. The maximum atomic E-state index is 12.7. The van der Waals surface area contributed by atoms with Gasteiger partial charge in [0.25, 0.3) is 5.91 Å². The van der Waals surface area contributed by atoms with Gasteiger partial charge in [0.1, 0.15) is 0 Å². The summed E-state index contributed by atoms with van der Waals surface area (Å²) in [6.45, 7) is 3.46. The van der Waals surface area contributed by atoms with Crippen LogP contribution in [0.3, 0.4) is 0 Å². The maximum Gasteiger partial charge on any atom is 0.255 e. The Morgan fingerprint density at radius 1 is 1.41 bits per heavy atom. The molecule has 2 unspecified atom stereocenters. The van der Waals surface area contributed by atoms with Gasteiger partial charge in [-0.2, -0.15) is 0 Å². The molecule has 124 valence electrons. The zero-order valence-electron chi connectivity index (χ0n) is 12.6. The second-order valence-electron chi connectivity index (χ2n) is 5.48. The molecule has 0 bridgehead atoms. The standard InChI is InChI=1S/C15H20Cl2N2OS.ClH/c1-9(18)10-4-3-5-19(8-10)15(20)11-6-14(21-2)13(17)7-12(11)16;/h6-7,9-10H,3-5,8,18H2,1-2H3;1H. The maximum absolute atomic E-state index is 12.7. The summed E-state index contributed by atoms with van der Waals surface area (Å²) < 4.78 is 0. The molecule has 2 N–H and O–H groups in total. The molecule has 0 saturated carbocycles. The molecule has 0 aliphatic carbocycles. The molecule has 0 aromatic heterocycles. The SMILES string of the molecule is CSc1cc(C(=O)N2CCCC(C(C)N)C2)c(Cl)cc1Cl.Cl. The summed E-state index contributed by atoms with van der Waals surface area (Å²) in [6.07, 6.45) is 3.99. The summed E-state index contributed by atoms with van der Waals surface area (Å²) in [5.74, 6) is 0.325. The first-order chi connectivity index (χ1) is 9.93. The van der Waals surface area contributed by atoms with Crippen molar-refractivity contribution in [1.82, 2.24) is 4.90 Å². The van der Waals surface area contributed by atoms with Crippen LogP contribution >= 0.6 is 47.4 Å². The van der Waals surface area contributed by atoms with Gasteiger partial charge in [0.2, 0.25) is 0 Å². The van der Waals surface area contributed by atoms with Crippen LogP contribution in [-0.4, -0.2) is 36.2 Å². The molecule has 1 fully saturated rings. The first kappa shape index (κ1) is 19.9. The molecule has 1 aliphatic rings. The van der Waals surface area contributed by atoms with E-state index in [0.29, 0.717) is 28.1 Å². The number of carbonyl (C=O) groups excluding carboxylic acids is 1. The fraction of sp³-hybridized carbons (Fsp3) is 0.533. The number of likely N-dealkylation sites (tertiary alicyclic amines) is 1. The van der Waals surface area contributed by atoms with E-state index in [9.17, 15) is 4.79 Å². The molecule has 0 spiro atoms. The topological polar surface area (TPSA) is 46.3 Å². The Labute approximate surface area is 152 Å². The van der Waals surface area contributed by atoms with Crippen LogP contribution in [-0.2, 0) is 0 Å². The Morgan fingerprint density at radius 3 is 2.68 bits per heavy atom. The van der Waals surface area contributed by atoms with Crippen LogP contribution in [0.25, 0.3) is 0 Å². The van der Waals surface area contributed by atoms with Crippen molar-refractivity contribution in [3.05, 3.63) is 27.7 Å². The highest BCUT2D eigenvalue weighted by Crippen LogP contribution is 2.32. The molecule has 22 heavy (non-hydrogen) atoms. The molecule has 0 radical (unpaired) electrons. The van der Waals surface area contributed by atoms with Crippen LogP contribution in [0.2, 0.25) is 10.0 Å². The van der Waals surface area contributed by atoms with Gasteiger partial charge < -0.3 is 10.6 Å². The van der Waals surface area contributed by atoms with Gasteiger partial charge in [0, 0.05) is 24.0 Å². The van der Waals surface area contributed by atoms with Crippen LogP contribution in [0.4, 0.5) is 0 Å². The van der Waals surface area contributed by atoms with Crippen LogP contribution in [0.1, 0.15) is 30.1 Å². The molecule has 1 aromatic rings. The molecule has 1 heterocycles. The lowest BCUT2D eigenvalue weighted by atomic mass is 9.92. The number of rotatable bonds is 3. The van der Waals surface area contributed by atoms with E-state index in [1.54, 1.807) is 12.1 Å². The summed E-state index contributed by atoms with van der Waals surface area (Å²) in [7, 11) is 0. The van der Waals surface area contributed by atoms with Crippen LogP contribution in [0.15, 0.2) is 17.0 Å². The second-order valence-corrected chi connectivity index (χ2v) is 7.14. The number of amides is 1. The van der Waals surface area contributed by atoms with E-state index in [-0.39, 0.29) is 24.4 Å². The molecule has 2 atom stereocenters. The average molecular weight is 384 g/mol. The molecular weight excluding hydrogens is 363 g/mol. The highest BCUT2D eigenvalue weighted by atomic mass is 35.5. The predicted octanol–water partition coefficient (Wildman–Crippen LogP) is 4.34. The molecule has 1 aromatic carbocycles. The van der Waals surface area contributed by atoms with Gasteiger partial charge in [-0.05, 0) is 44.1 Å². The third-order valence-electron chi connectivity index (χ3n) is 3.96. The van der Waals surface area contributed by atoms with E-state index < -0.39 is 0 Å². The first-order valence-corrected chi connectivity index (χ1v) is 9.00. The quantitative estimate of drug-likeness (QED) is 0.790. The lowest BCUT2D eigenvalue weighted by Gasteiger charge is -2.34. The summed E-state index contributed by atoms with van der Waals surface area (Å²) >= 11 is 13.8. The molecular formula is C15H21Cl3N2OS. The lowest BCUT2D eigenvalue weighted by molar-refractivity contribution is 0.0661. The number of hydrogen-bond donors (Lipinski definition) is 1. The molecule has 1 saturated heterocycles. The van der Waals surface area contributed by atoms with Crippen molar-refractivity contribution in [1.29, 1.82) is 0 Å². The van der Waals surface area contributed by atoms with E-state index in [1.807, 2.05) is 18.1 Å².